The standard InChI is InChI=1S/C9H17NO4/c1-10-6-4-5-7(8(11)13-2)9(12)14-3/h7,10H,4-6H2,1-3H3. The maximum Gasteiger partial charge on any atom is 0.320 e. The van der Waals surface area contributed by atoms with Crippen LogP contribution in [0.2, 0.25) is 0 Å². The number of methoxy groups -OCH3 is 2. The van der Waals surface area contributed by atoms with Gasteiger partial charge >= 0.3 is 11.9 Å². The van der Waals surface area contributed by atoms with Crippen LogP contribution < -0.4 is 5.32 Å². The molecular formula is C9H17NO4. The van der Waals surface area contributed by atoms with Gasteiger partial charge in [-0.15, -0.1) is 0 Å². The van der Waals surface area contributed by atoms with Crippen LogP contribution in [0.4, 0.5) is 0 Å². The van der Waals surface area contributed by atoms with Gasteiger partial charge in [-0.05, 0) is 26.4 Å². The van der Waals surface area contributed by atoms with Gasteiger partial charge in [0.2, 0.25) is 0 Å². The zero-order chi connectivity index (χ0) is 11.0. The van der Waals surface area contributed by atoms with Crippen molar-refractivity contribution in [3.8, 4) is 0 Å². The molecule has 0 saturated carbocycles. The Hall–Kier alpha value is -1.10. The van der Waals surface area contributed by atoms with Crippen molar-refractivity contribution in [2.45, 2.75) is 12.8 Å². The van der Waals surface area contributed by atoms with Crippen LogP contribution in [0.1, 0.15) is 12.8 Å². The first kappa shape index (κ1) is 12.9. The summed E-state index contributed by atoms with van der Waals surface area (Å²) in [6.07, 6.45) is 1.17. The molecule has 82 valence electrons. The van der Waals surface area contributed by atoms with Gasteiger partial charge in [-0.3, -0.25) is 9.59 Å². The number of hydrogen-bond donors (Lipinski definition) is 1. The molecule has 0 aliphatic carbocycles. The van der Waals surface area contributed by atoms with E-state index in [1.807, 2.05) is 7.05 Å². The highest BCUT2D eigenvalue weighted by atomic mass is 16.5. The van der Waals surface area contributed by atoms with E-state index in [-0.39, 0.29) is 0 Å². The number of nitrogens with one attached hydrogen (secondary N) is 1. The second-order valence-corrected chi connectivity index (χ2v) is 2.84. The van der Waals surface area contributed by atoms with Gasteiger partial charge < -0.3 is 14.8 Å². The third kappa shape index (κ3) is 4.23. The molecule has 0 aromatic rings. The van der Waals surface area contributed by atoms with Gasteiger partial charge in [0, 0.05) is 0 Å². The first-order valence-corrected chi connectivity index (χ1v) is 4.47. The third-order valence-corrected chi connectivity index (χ3v) is 1.89. The highest BCUT2D eigenvalue weighted by Crippen LogP contribution is 2.10. The zero-order valence-corrected chi connectivity index (χ0v) is 8.83. The lowest BCUT2D eigenvalue weighted by molar-refractivity contribution is -0.159. The molecule has 0 rings (SSSR count). The van der Waals surface area contributed by atoms with Gasteiger partial charge in [-0.1, -0.05) is 0 Å². The topological polar surface area (TPSA) is 64.6 Å². The number of hydrogen-bond acceptors (Lipinski definition) is 5. The van der Waals surface area contributed by atoms with Gasteiger partial charge in [0.15, 0.2) is 5.92 Å². The van der Waals surface area contributed by atoms with Crippen LogP contribution in [0.15, 0.2) is 0 Å². The molecule has 0 unspecified atom stereocenters. The number of carbonyl (C=O) groups excluding carboxylic acids is 2. The monoisotopic (exact) mass is 203 g/mol. The molecule has 1 N–H and O–H groups in total. The molecule has 0 fully saturated rings. The second-order valence-electron chi connectivity index (χ2n) is 2.84. The maximum atomic E-state index is 11.2. The molecule has 0 bridgehead atoms. The Balaban J connectivity index is 4.11. The lowest BCUT2D eigenvalue weighted by atomic mass is 10.0. The van der Waals surface area contributed by atoms with Crippen LogP contribution in [-0.4, -0.2) is 39.8 Å². The van der Waals surface area contributed by atoms with E-state index in [9.17, 15) is 9.59 Å². The number of ether oxygens (including phenoxy) is 2. The van der Waals surface area contributed by atoms with Crippen molar-refractivity contribution in [3.63, 3.8) is 0 Å². The molecule has 0 spiro atoms. The Bertz CT molecular complexity index is 177. The fourth-order valence-electron chi connectivity index (χ4n) is 1.10. The highest BCUT2D eigenvalue weighted by Gasteiger charge is 2.27. The van der Waals surface area contributed by atoms with Gasteiger partial charge in [0.05, 0.1) is 14.2 Å². The van der Waals surface area contributed by atoms with Crippen molar-refractivity contribution in [2.75, 3.05) is 27.8 Å². The number of esters is 2. The second kappa shape index (κ2) is 7.32. The zero-order valence-electron chi connectivity index (χ0n) is 8.83. The van der Waals surface area contributed by atoms with E-state index in [0.29, 0.717) is 6.42 Å². The van der Waals surface area contributed by atoms with E-state index in [2.05, 4.69) is 14.8 Å². The Kier molecular flexibility index (Phi) is 6.74. The van der Waals surface area contributed by atoms with E-state index in [4.69, 9.17) is 0 Å². The van der Waals surface area contributed by atoms with Crippen molar-refractivity contribution in [1.29, 1.82) is 0 Å². The van der Waals surface area contributed by atoms with Gasteiger partial charge in [-0.25, -0.2) is 0 Å². The van der Waals surface area contributed by atoms with Crippen LogP contribution in [0, 0.1) is 5.92 Å². The summed E-state index contributed by atoms with van der Waals surface area (Å²) >= 11 is 0. The molecule has 0 aliphatic heterocycles. The Morgan fingerprint density at radius 2 is 1.71 bits per heavy atom. The SMILES string of the molecule is CNCCCC(C(=O)OC)C(=O)OC. The first-order chi connectivity index (χ1) is 6.67. The molecule has 14 heavy (non-hydrogen) atoms. The predicted octanol–water partition coefficient (Wildman–Crippen LogP) is -0.0518. The molecule has 5 nitrogen and oxygen atoms in total. The lowest BCUT2D eigenvalue weighted by Gasteiger charge is -2.11. The predicted molar refractivity (Wildman–Crippen MR) is 50.7 cm³/mol. The molecule has 0 aromatic heterocycles. The van der Waals surface area contributed by atoms with Crippen molar-refractivity contribution >= 4 is 11.9 Å². The summed E-state index contributed by atoms with van der Waals surface area (Å²) < 4.78 is 9.01. The lowest BCUT2D eigenvalue weighted by Crippen LogP contribution is -2.27. The normalized spacial score (nSPS) is 10.0. The maximum absolute atomic E-state index is 11.2. The Labute approximate surface area is 83.8 Å². The Morgan fingerprint density at radius 3 is 2.07 bits per heavy atom. The van der Waals surface area contributed by atoms with Crippen LogP contribution in [0.3, 0.4) is 0 Å². The van der Waals surface area contributed by atoms with E-state index in [1.54, 1.807) is 0 Å². The van der Waals surface area contributed by atoms with Crippen LogP contribution >= 0.6 is 0 Å². The summed E-state index contributed by atoms with van der Waals surface area (Å²) in [7, 11) is 4.33. The summed E-state index contributed by atoms with van der Waals surface area (Å²) in [5.41, 5.74) is 0. The van der Waals surface area contributed by atoms with E-state index in [1.165, 1.54) is 14.2 Å². The fraction of sp³-hybridized carbons (Fsp3) is 0.778. The van der Waals surface area contributed by atoms with Crippen molar-refractivity contribution < 1.29 is 19.1 Å². The van der Waals surface area contributed by atoms with Crippen LogP contribution in [0.25, 0.3) is 0 Å². The third-order valence-electron chi connectivity index (χ3n) is 1.89. The van der Waals surface area contributed by atoms with E-state index >= 15 is 0 Å². The minimum absolute atomic E-state index is 0.445. The van der Waals surface area contributed by atoms with Gasteiger partial charge in [0.25, 0.3) is 0 Å². The molecule has 0 atom stereocenters. The van der Waals surface area contributed by atoms with Crippen molar-refractivity contribution in [2.24, 2.45) is 5.92 Å². The summed E-state index contributed by atoms with van der Waals surface area (Å²) in [6, 6.07) is 0. The molecule has 0 saturated heterocycles. The first-order valence-electron chi connectivity index (χ1n) is 4.47. The average Bonchev–Trinajstić information content (AvgIpc) is 2.22. The molecule has 0 aliphatic rings. The van der Waals surface area contributed by atoms with Gasteiger partial charge in [0.1, 0.15) is 0 Å². The summed E-state index contributed by atoms with van der Waals surface area (Å²) in [6.45, 7) is 0.754. The Morgan fingerprint density at radius 1 is 1.21 bits per heavy atom. The minimum atomic E-state index is -0.793. The molecule has 0 amide bonds. The molecule has 0 aromatic carbocycles. The number of carbonyl (C=O) groups is 2. The molecule has 5 heteroatoms. The average molecular weight is 203 g/mol. The molecular weight excluding hydrogens is 186 g/mol. The van der Waals surface area contributed by atoms with E-state index < -0.39 is 17.9 Å². The van der Waals surface area contributed by atoms with Crippen LogP contribution in [0.5, 0.6) is 0 Å². The summed E-state index contributed by atoms with van der Waals surface area (Å²) in [5, 5.41) is 2.93. The summed E-state index contributed by atoms with van der Waals surface area (Å²) in [4.78, 5) is 22.3. The summed E-state index contributed by atoms with van der Waals surface area (Å²) in [5.74, 6) is -1.86. The largest absolute Gasteiger partial charge is 0.468 e. The molecule has 0 heterocycles. The molecule has 0 radical (unpaired) electrons. The fourth-order valence-corrected chi connectivity index (χ4v) is 1.10. The van der Waals surface area contributed by atoms with Crippen molar-refractivity contribution in [3.05, 3.63) is 0 Å². The smallest absolute Gasteiger partial charge is 0.320 e. The highest BCUT2D eigenvalue weighted by molar-refractivity contribution is 5.94. The van der Waals surface area contributed by atoms with E-state index in [0.717, 1.165) is 13.0 Å². The minimum Gasteiger partial charge on any atom is -0.468 e. The van der Waals surface area contributed by atoms with Crippen molar-refractivity contribution in [1.82, 2.24) is 5.32 Å². The quantitative estimate of drug-likeness (QED) is 0.372. The number of rotatable bonds is 6. The van der Waals surface area contributed by atoms with Gasteiger partial charge in [-0.2, -0.15) is 0 Å². The van der Waals surface area contributed by atoms with Crippen LogP contribution in [-0.2, 0) is 19.1 Å².